The molecule has 0 aliphatic rings. The SMILES string of the molecule is CCOc1cccc2c1nc(N)n2CC(CC)(CC)SC. The minimum atomic E-state index is 0.198. The molecule has 116 valence electrons. The zero-order valence-electron chi connectivity index (χ0n) is 13.3. The molecule has 1 heterocycles. The number of hydrogen-bond acceptors (Lipinski definition) is 4. The second kappa shape index (κ2) is 6.60. The summed E-state index contributed by atoms with van der Waals surface area (Å²) in [6, 6.07) is 6.02. The first-order valence-electron chi connectivity index (χ1n) is 7.53. The van der Waals surface area contributed by atoms with Gasteiger partial charge in [0.1, 0.15) is 11.3 Å². The molecule has 0 unspecified atom stereocenters. The summed E-state index contributed by atoms with van der Waals surface area (Å²) >= 11 is 1.91. The van der Waals surface area contributed by atoms with E-state index in [0.29, 0.717) is 12.6 Å². The molecule has 0 saturated carbocycles. The van der Waals surface area contributed by atoms with E-state index in [4.69, 9.17) is 10.5 Å². The number of anilines is 1. The second-order valence-corrected chi connectivity index (χ2v) is 6.48. The van der Waals surface area contributed by atoms with Crippen LogP contribution >= 0.6 is 11.8 Å². The van der Waals surface area contributed by atoms with Gasteiger partial charge in [0.15, 0.2) is 0 Å². The summed E-state index contributed by atoms with van der Waals surface area (Å²) in [6.07, 6.45) is 4.39. The molecule has 5 heteroatoms. The summed E-state index contributed by atoms with van der Waals surface area (Å²) < 4.78 is 7.98. The van der Waals surface area contributed by atoms with E-state index < -0.39 is 0 Å². The minimum absolute atomic E-state index is 0.198. The molecule has 0 amide bonds. The highest BCUT2D eigenvalue weighted by molar-refractivity contribution is 8.00. The Morgan fingerprint density at radius 2 is 2.00 bits per heavy atom. The summed E-state index contributed by atoms with van der Waals surface area (Å²) in [7, 11) is 0. The van der Waals surface area contributed by atoms with Gasteiger partial charge in [0.25, 0.3) is 0 Å². The Hall–Kier alpha value is -1.36. The van der Waals surface area contributed by atoms with Crippen LogP contribution in [-0.2, 0) is 6.54 Å². The maximum absolute atomic E-state index is 6.18. The number of imidazole rings is 1. The third kappa shape index (κ3) is 2.98. The second-order valence-electron chi connectivity index (χ2n) is 5.21. The third-order valence-electron chi connectivity index (χ3n) is 4.24. The number of aromatic nitrogens is 2. The summed E-state index contributed by atoms with van der Waals surface area (Å²) in [4.78, 5) is 4.53. The average molecular weight is 307 g/mol. The number of benzene rings is 1. The van der Waals surface area contributed by atoms with Crippen LogP contribution in [-0.4, -0.2) is 27.2 Å². The number of nitrogen functional groups attached to an aromatic ring is 1. The van der Waals surface area contributed by atoms with Gasteiger partial charge >= 0.3 is 0 Å². The van der Waals surface area contributed by atoms with Gasteiger partial charge in [0.05, 0.1) is 12.1 Å². The van der Waals surface area contributed by atoms with Gasteiger partial charge in [-0.3, -0.25) is 0 Å². The Morgan fingerprint density at radius 1 is 1.29 bits per heavy atom. The summed E-state index contributed by atoms with van der Waals surface area (Å²) in [5, 5.41) is 0. The Balaban J connectivity index is 2.49. The average Bonchev–Trinajstić information content (AvgIpc) is 2.82. The van der Waals surface area contributed by atoms with Crippen molar-refractivity contribution in [1.29, 1.82) is 0 Å². The molecule has 2 aromatic rings. The number of nitrogens with two attached hydrogens (primary N) is 1. The normalized spacial score (nSPS) is 12.0. The van der Waals surface area contributed by atoms with Crippen molar-refractivity contribution in [1.82, 2.24) is 9.55 Å². The van der Waals surface area contributed by atoms with E-state index in [2.05, 4.69) is 35.7 Å². The number of thioether (sulfide) groups is 1. The molecular weight excluding hydrogens is 282 g/mol. The van der Waals surface area contributed by atoms with E-state index in [-0.39, 0.29) is 4.75 Å². The van der Waals surface area contributed by atoms with Gasteiger partial charge in [-0.2, -0.15) is 11.8 Å². The standard InChI is InChI=1S/C16H25N3OS/c1-5-16(6-2,21-4)11-19-12-9-8-10-13(20-7-3)14(12)18-15(19)17/h8-10H,5-7,11H2,1-4H3,(H2,17,18). The number of para-hydroxylation sites is 1. The number of ether oxygens (including phenoxy) is 1. The lowest BCUT2D eigenvalue weighted by atomic mass is 10.0. The fourth-order valence-corrected chi connectivity index (χ4v) is 3.53. The van der Waals surface area contributed by atoms with Gasteiger partial charge in [-0.15, -0.1) is 0 Å². The molecule has 0 aliphatic carbocycles. The van der Waals surface area contributed by atoms with E-state index in [1.54, 1.807) is 0 Å². The monoisotopic (exact) mass is 307 g/mol. The zero-order valence-corrected chi connectivity index (χ0v) is 14.2. The van der Waals surface area contributed by atoms with Gasteiger partial charge in [-0.25, -0.2) is 4.98 Å². The van der Waals surface area contributed by atoms with Gasteiger partial charge < -0.3 is 15.0 Å². The van der Waals surface area contributed by atoms with Gasteiger partial charge in [0, 0.05) is 11.3 Å². The molecule has 21 heavy (non-hydrogen) atoms. The van der Waals surface area contributed by atoms with E-state index in [1.807, 2.05) is 30.8 Å². The Labute approximate surface area is 131 Å². The molecule has 1 aromatic carbocycles. The first-order chi connectivity index (χ1) is 10.1. The van der Waals surface area contributed by atoms with Crippen LogP contribution in [0.4, 0.5) is 5.95 Å². The van der Waals surface area contributed by atoms with Crippen LogP contribution in [0.25, 0.3) is 11.0 Å². The van der Waals surface area contributed by atoms with Crippen molar-refractivity contribution in [3.63, 3.8) is 0 Å². The van der Waals surface area contributed by atoms with Crippen LogP contribution in [0.1, 0.15) is 33.6 Å². The minimum Gasteiger partial charge on any atom is -0.492 e. The van der Waals surface area contributed by atoms with Gasteiger partial charge in [-0.1, -0.05) is 19.9 Å². The van der Waals surface area contributed by atoms with E-state index in [0.717, 1.165) is 36.2 Å². The Morgan fingerprint density at radius 3 is 2.57 bits per heavy atom. The number of hydrogen-bond donors (Lipinski definition) is 1. The van der Waals surface area contributed by atoms with Crippen LogP contribution in [0.15, 0.2) is 18.2 Å². The van der Waals surface area contributed by atoms with Crippen LogP contribution in [0.3, 0.4) is 0 Å². The number of fused-ring (bicyclic) bond motifs is 1. The fraction of sp³-hybridized carbons (Fsp3) is 0.562. The molecule has 2 N–H and O–H groups in total. The van der Waals surface area contributed by atoms with Crippen molar-refractivity contribution < 1.29 is 4.74 Å². The molecule has 1 aromatic heterocycles. The highest BCUT2D eigenvalue weighted by atomic mass is 32.2. The summed E-state index contributed by atoms with van der Waals surface area (Å²) in [6.45, 7) is 7.96. The predicted molar refractivity (Wildman–Crippen MR) is 92.1 cm³/mol. The van der Waals surface area contributed by atoms with Crippen LogP contribution in [0.5, 0.6) is 5.75 Å². The lowest BCUT2D eigenvalue weighted by molar-refractivity contribution is 0.343. The molecule has 2 rings (SSSR count). The Bertz CT molecular complexity index is 597. The third-order valence-corrected chi connectivity index (χ3v) is 5.81. The van der Waals surface area contributed by atoms with Crippen LogP contribution in [0.2, 0.25) is 0 Å². The topological polar surface area (TPSA) is 53.1 Å². The molecule has 0 atom stereocenters. The van der Waals surface area contributed by atoms with Crippen molar-refractivity contribution in [2.24, 2.45) is 0 Å². The molecule has 0 spiro atoms. The zero-order chi connectivity index (χ0) is 15.5. The van der Waals surface area contributed by atoms with Crippen molar-refractivity contribution in [2.45, 2.75) is 44.9 Å². The molecule has 0 saturated heterocycles. The van der Waals surface area contributed by atoms with Crippen molar-refractivity contribution >= 4 is 28.7 Å². The van der Waals surface area contributed by atoms with Gasteiger partial charge in [-0.05, 0) is 38.2 Å². The van der Waals surface area contributed by atoms with Gasteiger partial charge in [0.2, 0.25) is 5.95 Å². The quantitative estimate of drug-likeness (QED) is 0.842. The lowest BCUT2D eigenvalue weighted by Gasteiger charge is -2.30. The summed E-state index contributed by atoms with van der Waals surface area (Å²) in [5.41, 5.74) is 8.09. The van der Waals surface area contributed by atoms with E-state index in [1.165, 1.54) is 0 Å². The highest BCUT2D eigenvalue weighted by Gasteiger charge is 2.27. The molecule has 0 bridgehead atoms. The lowest BCUT2D eigenvalue weighted by Crippen LogP contribution is -2.29. The maximum atomic E-state index is 6.18. The first-order valence-corrected chi connectivity index (χ1v) is 8.76. The molecular formula is C16H25N3OS. The fourth-order valence-electron chi connectivity index (χ4n) is 2.69. The van der Waals surface area contributed by atoms with Crippen LogP contribution in [0, 0.1) is 0 Å². The van der Waals surface area contributed by atoms with Crippen molar-refractivity contribution in [3.8, 4) is 5.75 Å². The smallest absolute Gasteiger partial charge is 0.201 e. The van der Waals surface area contributed by atoms with Crippen molar-refractivity contribution in [2.75, 3.05) is 18.6 Å². The van der Waals surface area contributed by atoms with E-state index in [9.17, 15) is 0 Å². The maximum Gasteiger partial charge on any atom is 0.201 e. The Kier molecular flexibility index (Phi) is 5.04. The first kappa shape index (κ1) is 16.0. The van der Waals surface area contributed by atoms with Crippen LogP contribution < -0.4 is 10.5 Å². The predicted octanol–water partition coefficient (Wildman–Crippen LogP) is 3.94. The largest absolute Gasteiger partial charge is 0.492 e. The number of nitrogens with zero attached hydrogens (tertiary/aromatic N) is 2. The molecule has 4 nitrogen and oxygen atoms in total. The molecule has 0 fully saturated rings. The number of rotatable bonds is 7. The van der Waals surface area contributed by atoms with E-state index >= 15 is 0 Å². The molecule has 0 radical (unpaired) electrons. The summed E-state index contributed by atoms with van der Waals surface area (Å²) in [5.74, 6) is 1.38. The molecule has 0 aliphatic heterocycles. The van der Waals surface area contributed by atoms with Crippen molar-refractivity contribution in [3.05, 3.63) is 18.2 Å². The highest BCUT2D eigenvalue weighted by Crippen LogP contribution is 2.35.